The Kier molecular flexibility index (Phi) is 4.55. The molecule has 3 N–H and O–H groups in total. The maximum absolute atomic E-state index is 2.28. The lowest BCUT2D eigenvalue weighted by Gasteiger charge is -2.22. The van der Waals surface area contributed by atoms with Crippen LogP contribution in [0, 0.1) is 0 Å². The van der Waals surface area contributed by atoms with Crippen LogP contribution in [0.3, 0.4) is 0 Å². The largest absolute Gasteiger partial charge is 0.349 e. The fraction of sp³-hybridized carbons (Fsp3) is 1.00. The molecular weight excluding hydrogens is 136 g/mol. The number of quaternary nitrogens is 2. The van der Waals surface area contributed by atoms with Crippen LogP contribution in [-0.4, -0.2) is 33.2 Å². The summed E-state index contributed by atoms with van der Waals surface area (Å²) in [6, 6.07) is 0. The summed E-state index contributed by atoms with van der Waals surface area (Å²) in [4.78, 5) is 1.85. The molecule has 0 aromatic rings. The molecule has 0 atom stereocenters. The Labute approximate surface area is 70.0 Å². The van der Waals surface area contributed by atoms with Crippen molar-refractivity contribution < 1.29 is 10.2 Å². The Morgan fingerprint density at radius 2 is 1.91 bits per heavy atom. The zero-order chi connectivity index (χ0) is 7.94. The number of likely N-dealkylation sites (tertiary alicyclic amines) is 1. The van der Waals surface area contributed by atoms with Crippen LogP contribution in [0.5, 0.6) is 0 Å². The van der Waals surface area contributed by atoms with Crippen molar-refractivity contribution in [3.8, 4) is 0 Å². The summed E-state index contributed by atoms with van der Waals surface area (Å²) in [6.45, 7) is 5.58. The highest BCUT2D eigenvalue weighted by Gasteiger charge is 2.12. The first-order valence-corrected chi connectivity index (χ1v) is 5.05. The van der Waals surface area contributed by atoms with Gasteiger partial charge < -0.3 is 10.2 Å². The van der Waals surface area contributed by atoms with Gasteiger partial charge in [-0.05, 0) is 19.3 Å². The summed E-state index contributed by atoms with van der Waals surface area (Å²) in [7, 11) is 2.16. The molecule has 11 heavy (non-hydrogen) atoms. The van der Waals surface area contributed by atoms with Crippen molar-refractivity contribution >= 4 is 0 Å². The molecule has 1 fully saturated rings. The highest BCUT2D eigenvalue weighted by molar-refractivity contribution is 4.45. The van der Waals surface area contributed by atoms with E-state index in [9.17, 15) is 0 Å². The van der Waals surface area contributed by atoms with Crippen molar-refractivity contribution in [3.05, 3.63) is 0 Å². The number of piperidine rings is 1. The molecule has 0 aliphatic carbocycles. The maximum Gasteiger partial charge on any atom is 0.0825 e. The molecule has 1 saturated heterocycles. The van der Waals surface area contributed by atoms with Crippen molar-refractivity contribution in [3.63, 3.8) is 0 Å². The maximum atomic E-state index is 2.28. The zero-order valence-electron chi connectivity index (χ0n) is 7.73. The molecule has 1 heterocycles. The minimum Gasteiger partial charge on any atom is -0.349 e. The predicted molar refractivity (Wildman–Crippen MR) is 46.7 cm³/mol. The molecule has 2 nitrogen and oxygen atoms in total. The van der Waals surface area contributed by atoms with Crippen molar-refractivity contribution in [2.24, 2.45) is 0 Å². The normalized spacial score (nSPS) is 20.5. The highest BCUT2D eigenvalue weighted by atomic mass is 15.1. The van der Waals surface area contributed by atoms with Gasteiger partial charge in [-0.3, -0.25) is 0 Å². The van der Waals surface area contributed by atoms with Crippen LogP contribution < -0.4 is 10.2 Å². The number of nitrogens with two attached hydrogens (primary N) is 1. The highest BCUT2D eigenvalue weighted by Crippen LogP contribution is 1.94. The molecule has 0 spiro atoms. The second-order valence-corrected chi connectivity index (χ2v) is 3.61. The van der Waals surface area contributed by atoms with Crippen LogP contribution in [0.25, 0.3) is 0 Å². The lowest BCUT2D eigenvalue weighted by Crippen LogP contribution is -3.13. The summed E-state index contributed by atoms with van der Waals surface area (Å²) in [5.41, 5.74) is 0. The van der Waals surface area contributed by atoms with E-state index in [2.05, 4.69) is 12.4 Å². The van der Waals surface area contributed by atoms with Gasteiger partial charge in [0.1, 0.15) is 0 Å². The van der Waals surface area contributed by atoms with Gasteiger partial charge in [-0.2, -0.15) is 0 Å². The van der Waals surface area contributed by atoms with Crippen LogP contribution in [0.4, 0.5) is 0 Å². The lowest BCUT2D eigenvalue weighted by molar-refractivity contribution is -0.906. The standard InChI is InChI=1S/C9H20N2/c1-10-6-5-9-11-7-3-2-4-8-11/h10H,2-9H2,1H3/p+2. The van der Waals surface area contributed by atoms with Gasteiger partial charge in [0.15, 0.2) is 0 Å². The number of rotatable bonds is 4. The van der Waals surface area contributed by atoms with Gasteiger partial charge in [-0.25, -0.2) is 0 Å². The number of nitrogens with one attached hydrogen (secondary N) is 1. The first-order chi connectivity index (χ1) is 5.43. The van der Waals surface area contributed by atoms with Gasteiger partial charge >= 0.3 is 0 Å². The fourth-order valence-corrected chi connectivity index (χ4v) is 1.86. The van der Waals surface area contributed by atoms with Gasteiger partial charge in [0.2, 0.25) is 0 Å². The molecule has 0 aromatic carbocycles. The van der Waals surface area contributed by atoms with E-state index in [1.807, 2.05) is 4.90 Å². The minimum absolute atomic E-state index is 1.31. The van der Waals surface area contributed by atoms with E-state index in [1.165, 1.54) is 51.9 Å². The Balaban J connectivity index is 1.96. The Hall–Kier alpha value is -0.0800. The van der Waals surface area contributed by atoms with Crippen molar-refractivity contribution in [2.75, 3.05) is 33.2 Å². The Morgan fingerprint density at radius 3 is 2.55 bits per heavy atom. The summed E-state index contributed by atoms with van der Waals surface area (Å²) < 4.78 is 0. The number of hydrogen-bond donors (Lipinski definition) is 2. The second-order valence-electron chi connectivity index (χ2n) is 3.61. The molecule has 0 aromatic heterocycles. The van der Waals surface area contributed by atoms with Crippen molar-refractivity contribution in [1.82, 2.24) is 0 Å². The van der Waals surface area contributed by atoms with Crippen molar-refractivity contribution in [1.29, 1.82) is 0 Å². The Bertz CT molecular complexity index is 87.6. The first-order valence-electron chi connectivity index (χ1n) is 5.05. The van der Waals surface area contributed by atoms with E-state index >= 15 is 0 Å². The molecule has 1 aliphatic rings. The van der Waals surface area contributed by atoms with E-state index in [0.717, 1.165) is 0 Å². The smallest absolute Gasteiger partial charge is 0.0825 e. The molecule has 66 valence electrons. The molecule has 0 bridgehead atoms. The predicted octanol–water partition coefficient (Wildman–Crippen LogP) is -1.36. The molecule has 0 radical (unpaired) electrons. The lowest BCUT2D eigenvalue weighted by atomic mass is 10.1. The molecule has 0 saturated carbocycles. The van der Waals surface area contributed by atoms with E-state index < -0.39 is 0 Å². The molecular formula is C9H22N2+2. The minimum atomic E-state index is 1.31. The molecule has 0 unspecified atom stereocenters. The van der Waals surface area contributed by atoms with Crippen molar-refractivity contribution in [2.45, 2.75) is 25.7 Å². The van der Waals surface area contributed by atoms with Crippen LogP contribution in [0.1, 0.15) is 25.7 Å². The first kappa shape index (κ1) is 9.01. The second kappa shape index (κ2) is 5.56. The number of hydrogen-bond acceptors (Lipinski definition) is 0. The molecule has 1 rings (SSSR count). The third-order valence-electron chi connectivity index (χ3n) is 2.58. The Morgan fingerprint density at radius 1 is 1.18 bits per heavy atom. The summed E-state index contributed by atoms with van der Waals surface area (Å²) >= 11 is 0. The quantitative estimate of drug-likeness (QED) is 0.472. The van der Waals surface area contributed by atoms with E-state index in [1.54, 1.807) is 0 Å². The average molecular weight is 158 g/mol. The molecule has 2 heteroatoms. The zero-order valence-corrected chi connectivity index (χ0v) is 7.73. The van der Waals surface area contributed by atoms with E-state index in [4.69, 9.17) is 0 Å². The van der Waals surface area contributed by atoms with Crippen LogP contribution in [0.2, 0.25) is 0 Å². The van der Waals surface area contributed by atoms with Gasteiger partial charge in [0.25, 0.3) is 0 Å². The summed E-state index contributed by atoms with van der Waals surface area (Å²) in [5.74, 6) is 0. The van der Waals surface area contributed by atoms with Crippen LogP contribution in [0.15, 0.2) is 0 Å². The average Bonchev–Trinajstić information content (AvgIpc) is 2.07. The fourth-order valence-electron chi connectivity index (χ4n) is 1.86. The van der Waals surface area contributed by atoms with Gasteiger partial charge in [0, 0.05) is 6.42 Å². The SMILES string of the molecule is C[NH2+]CCC[NH+]1CCCCC1. The van der Waals surface area contributed by atoms with Gasteiger partial charge in [-0.15, -0.1) is 0 Å². The van der Waals surface area contributed by atoms with E-state index in [-0.39, 0.29) is 0 Å². The third-order valence-corrected chi connectivity index (χ3v) is 2.58. The van der Waals surface area contributed by atoms with Crippen LogP contribution >= 0.6 is 0 Å². The van der Waals surface area contributed by atoms with Gasteiger partial charge in [0.05, 0.1) is 33.2 Å². The third kappa shape index (κ3) is 3.73. The molecule has 1 aliphatic heterocycles. The molecule has 0 amide bonds. The summed E-state index contributed by atoms with van der Waals surface area (Å²) in [6.07, 6.45) is 5.80. The summed E-state index contributed by atoms with van der Waals surface area (Å²) in [5, 5.41) is 2.28. The van der Waals surface area contributed by atoms with Gasteiger partial charge in [-0.1, -0.05) is 0 Å². The van der Waals surface area contributed by atoms with Crippen LogP contribution in [-0.2, 0) is 0 Å². The monoisotopic (exact) mass is 158 g/mol. The van der Waals surface area contributed by atoms with E-state index in [0.29, 0.717) is 0 Å². The topological polar surface area (TPSA) is 21.1 Å².